The molecule has 0 aliphatic heterocycles. The Kier molecular flexibility index (Phi) is 3.57. The lowest BCUT2D eigenvalue weighted by Crippen LogP contribution is -2.19. The molecule has 0 bridgehead atoms. The molecule has 0 amide bonds. The topological polar surface area (TPSA) is 0 Å². The predicted octanol–water partition coefficient (Wildman–Crippen LogP) is 4.91. The van der Waals surface area contributed by atoms with Gasteiger partial charge in [0.25, 0.3) is 0 Å². The fraction of sp³-hybridized carbons (Fsp3) is 1.00. The lowest BCUT2D eigenvalue weighted by molar-refractivity contribution is 0.208. The number of rotatable bonds is 2. The molecule has 2 aliphatic rings. The van der Waals surface area contributed by atoms with Crippen molar-refractivity contribution in [2.45, 2.75) is 69.5 Å². The summed E-state index contributed by atoms with van der Waals surface area (Å²) < 4.78 is 0. The van der Waals surface area contributed by atoms with Gasteiger partial charge in [0.2, 0.25) is 0 Å². The molecule has 82 valence electrons. The van der Waals surface area contributed by atoms with Gasteiger partial charge >= 0.3 is 0 Å². The summed E-state index contributed by atoms with van der Waals surface area (Å²) >= 11 is 3.78. The van der Waals surface area contributed by atoms with Gasteiger partial charge in [0.1, 0.15) is 0 Å². The molecule has 14 heavy (non-hydrogen) atoms. The van der Waals surface area contributed by atoms with Crippen LogP contribution < -0.4 is 0 Å². The van der Waals surface area contributed by atoms with Crippen LogP contribution in [-0.2, 0) is 0 Å². The maximum Gasteiger partial charge on any atom is 0.0151 e. The summed E-state index contributed by atoms with van der Waals surface area (Å²) in [4.78, 5) is 0.816. The average molecular weight is 259 g/mol. The number of hydrogen-bond acceptors (Lipinski definition) is 0. The predicted molar refractivity (Wildman–Crippen MR) is 65.9 cm³/mol. The van der Waals surface area contributed by atoms with E-state index < -0.39 is 0 Å². The largest absolute Gasteiger partial charge is 0.0890 e. The van der Waals surface area contributed by atoms with E-state index in [4.69, 9.17) is 0 Å². The normalized spacial score (nSPS) is 40.3. The Hall–Kier alpha value is 0.480. The average Bonchev–Trinajstić information content (AvgIpc) is 2.47. The van der Waals surface area contributed by atoms with Crippen molar-refractivity contribution in [1.82, 2.24) is 0 Å². The standard InChI is InChI=1S/C13H23Br/c1-13(8-7-12(14)10-13)9-11-5-3-2-4-6-11/h11-12H,2-10H2,1H3. The minimum Gasteiger partial charge on any atom is -0.0890 e. The lowest BCUT2D eigenvalue weighted by atomic mass is 9.74. The van der Waals surface area contributed by atoms with Crippen LogP contribution in [-0.4, -0.2) is 4.83 Å². The maximum atomic E-state index is 3.78. The Labute approximate surface area is 97.0 Å². The van der Waals surface area contributed by atoms with Crippen LogP contribution in [0.4, 0.5) is 0 Å². The van der Waals surface area contributed by atoms with Gasteiger partial charge in [-0.1, -0.05) is 55.0 Å². The molecule has 0 spiro atoms. The number of hydrogen-bond donors (Lipinski definition) is 0. The van der Waals surface area contributed by atoms with Gasteiger partial charge in [0, 0.05) is 4.83 Å². The van der Waals surface area contributed by atoms with Crippen molar-refractivity contribution >= 4 is 15.9 Å². The second-order valence-electron chi connectivity index (χ2n) is 5.86. The molecular formula is C13H23Br. The van der Waals surface area contributed by atoms with Gasteiger partial charge in [-0.25, -0.2) is 0 Å². The molecule has 0 aromatic carbocycles. The highest BCUT2D eigenvalue weighted by atomic mass is 79.9. The number of halogens is 1. The van der Waals surface area contributed by atoms with E-state index >= 15 is 0 Å². The summed E-state index contributed by atoms with van der Waals surface area (Å²) in [5, 5.41) is 0. The van der Waals surface area contributed by atoms with Crippen molar-refractivity contribution in [2.24, 2.45) is 11.3 Å². The van der Waals surface area contributed by atoms with Crippen LogP contribution in [0.5, 0.6) is 0 Å². The quantitative estimate of drug-likeness (QED) is 0.618. The minimum atomic E-state index is 0.677. The molecule has 0 saturated heterocycles. The van der Waals surface area contributed by atoms with Gasteiger partial charge in [-0.3, -0.25) is 0 Å². The third kappa shape index (κ3) is 2.74. The second kappa shape index (κ2) is 4.55. The Morgan fingerprint density at radius 1 is 1.14 bits per heavy atom. The summed E-state index contributed by atoms with van der Waals surface area (Å²) in [6.45, 7) is 2.52. The molecule has 2 saturated carbocycles. The van der Waals surface area contributed by atoms with Crippen molar-refractivity contribution < 1.29 is 0 Å². The number of alkyl halides is 1. The molecular weight excluding hydrogens is 236 g/mol. The molecule has 2 aliphatic carbocycles. The molecule has 0 aromatic rings. The highest BCUT2D eigenvalue weighted by Crippen LogP contribution is 2.47. The molecule has 0 aromatic heterocycles. The summed E-state index contributed by atoms with van der Waals surface area (Å²) in [6, 6.07) is 0. The van der Waals surface area contributed by atoms with Crippen molar-refractivity contribution in [3.8, 4) is 0 Å². The van der Waals surface area contributed by atoms with Gasteiger partial charge in [-0.05, 0) is 37.0 Å². The van der Waals surface area contributed by atoms with E-state index in [0.717, 1.165) is 10.7 Å². The maximum absolute atomic E-state index is 3.78. The monoisotopic (exact) mass is 258 g/mol. The van der Waals surface area contributed by atoms with Crippen LogP contribution in [0, 0.1) is 11.3 Å². The molecule has 0 nitrogen and oxygen atoms in total. The minimum absolute atomic E-state index is 0.677. The van der Waals surface area contributed by atoms with Crippen molar-refractivity contribution in [3.63, 3.8) is 0 Å². The molecule has 0 N–H and O–H groups in total. The Bertz CT molecular complexity index is 184. The summed E-state index contributed by atoms with van der Waals surface area (Å²) in [7, 11) is 0. The fourth-order valence-electron chi connectivity index (χ4n) is 3.52. The van der Waals surface area contributed by atoms with Crippen LogP contribution in [0.15, 0.2) is 0 Å². The zero-order chi connectivity index (χ0) is 10.0. The third-order valence-corrected chi connectivity index (χ3v) is 5.06. The van der Waals surface area contributed by atoms with Crippen LogP contribution in [0.2, 0.25) is 0 Å². The molecule has 2 fully saturated rings. The van der Waals surface area contributed by atoms with Crippen LogP contribution in [0.25, 0.3) is 0 Å². The van der Waals surface area contributed by atoms with Gasteiger partial charge < -0.3 is 0 Å². The zero-order valence-corrected chi connectivity index (χ0v) is 11.0. The molecule has 2 rings (SSSR count). The first-order valence-electron chi connectivity index (χ1n) is 6.32. The molecule has 0 radical (unpaired) electrons. The van der Waals surface area contributed by atoms with E-state index in [1.165, 1.54) is 57.8 Å². The zero-order valence-electron chi connectivity index (χ0n) is 9.40. The Morgan fingerprint density at radius 3 is 2.43 bits per heavy atom. The van der Waals surface area contributed by atoms with Crippen molar-refractivity contribution in [3.05, 3.63) is 0 Å². The highest BCUT2D eigenvalue weighted by molar-refractivity contribution is 9.09. The van der Waals surface area contributed by atoms with E-state index in [-0.39, 0.29) is 0 Å². The summed E-state index contributed by atoms with van der Waals surface area (Å²) in [5.74, 6) is 1.06. The van der Waals surface area contributed by atoms with Crippen LogP contribution in [0.3, 0.4) is 0 Å². The SMILES string of the molecule is CC1(CC2CCCCC2)CCC(Br)C1. The fourth-order valence-corrected chi connectivity index (χ4v) is 4.53. The van der Waals surface area contributed by atoms with Gasteiger partial charge in [-0.15, -0.1) is 0 Å². The summed E-state index contributed by atoms with van der Waals surface area (Å²) in [6.07, 6.45) is 13.3. The van der Waals surface area contributed by atoms with Crippen LogP contribution in [0.1, 0.15) is 64.7 Å². The van der Waals surface area contributed by atoms with E-state index in [0.29, 0.717) is 5.41 Å². The van der Waals surface area contributed by atoms with Gasteiger partial charge in [0.05, 0.1) is 0 Å². The van der Waals surface area contributed by atoms with E-state index in [1.54, 1.807) is 0 Å². The lowest BCUT2D eigenvalue weighted by Gasteiger charge is -2.31. The van der Waals surface area contributed by atoms with Crippen LogP contribution >= 0.6 is 15.9 Å². The second-order valence-corrected chi connectivity index (χ2v) is 7.15. The molecule has 2 unspecified atom stereocenters. The van der Waals surface area contributed by atoms with E-state index in [2.05, 4.69) is 22.9 Å². The third-order valence-electron chi connectivity index (χ3n) is 4.28. The first kappa shape index (κ1) is 11.0. The molecule has 2 atom stereocenters. The van der Waals surface area contributed by atoms with E-state index in [9.17, 15) is 0 Å². The molecule has 0 heterocycles. The molecule has 1 heteroatoms. The van der Waals surface area contributed by atoms with Gasteiger partial charge in [-0.2, -0.15) is 0 Å². The first-order chi connectivity index (χ1) is 6.68. The summed E-state index contributed by atoms with van der Waals surface area (Å²) in [5.41, 5.74) is 0.677. The van der Waals surface area contributed by atoms with Crippen molar-refractivity contribution in [1.29, 1.82) is 0 Å². The van der Waals surface area contributed by atoms with E-state index in [1.807, 2.05) is 0 Å². The smallest absolute Gasteiger partial charge is 0.0151 e. The Morgan fingerprint density at radius 2 is 1.86 bits per heavy atom. The first-order valence-corrected chi connectivity index (χ1v) is 7.24. The highest BCUT2D eigenvalue weighted by Gasteiger charge is 2.35. The Balaban J connectivity index is 1.83. The van der Waals surface area contributed by atoms with Crippen molar-refractivity contribution in [2.75, 3.05) is 0 Å². The van der Waals surface area contributed by atoms with Gasteiger partial charge in [0.15, 0.2) is 0 Å².